The van der Waals surface area contributed by atoms with Crippen LogP contribution >= 0.6 is 0 Å². The third-order valence-electron chi connectivity index (χ3n) is 3.20. The monoisotopic (exact) mass is 270 g/mol. The van der Waals surface area contributed by atoms with Crippen molar-refractivity contribution in [3.05, 3.63) is 47.7 Å². The fraction of sp³-hybridized carbons (Fsp3) is 0.357. The quantitative estimate of drug-likeness (QED) is 0.755. The molecule has 2 N–H and O–H groups in total. The zero-order valence-electron chi connectivity index (χ0n) is 11.5. The number of aryl methyl sites for hydroxylation is 2. The topological polar surface area (TPSA) is 74.0 Å². The predicted molar refractivity (Wildman–Crippen MR) is 76.4 cm³/mol. The second-order valence-corrected chi connectivity index (χ2v) is 5.00. The van der Waals surface area contributed by atoms with Gasteiger partial charge in [0.2, 0.25) is 0 Å². The number of rotatable bonds is 5. The smallest absolute Gasteiger partial charge is 0.137 e. The van der Waals surface area contributed by atoms with Crippen LogP contribution in [0, 0.1) is 6.92 Å². The number of fused-ring (bicyclic) bond motifs is 1. The van der Waals surface area contributed by atoms with Gasteiger partial charge in [-0.25, -0.2) is 9.67 Å². The van der Waals surface area contributed by atoms with Crippen LogP contribution in [0.5, 0.6) is 0 Å². The van der Waals surface area contributed by atoms with Crippen LogP contribution < -0.4 is 5.73 Å². The van der Waals surface area contributed by atoms with Crippen LogP contribution in [0.25, 0.3) is 5.65 Å². The normalized spacial score (nSPS) is 11.3. The first-order valence-electron chi connectivity index (χ1n) is 6.78. The van der Waals surface area contributed by atoms with Gasteiger partial charge in [-0.3, -0.25) is 0 Å². The van der Waals surface area contributed by atoms with Crippen molar-refractivity contribution in [2.45, 2.75) is 26.3 Å². The maximum absolute atomic E-state index is 5.49. The highest BCUT2D eigenvalue weighted by Crippen LogP contribution is 2.08. The molecule has 0 atom stereocenters. The van der Waals surface area contributed by atoms with Crippen molar-refractivity contribution in [3.63, 3.8) is 0 Å². The van der Waals surface area contributed by atoms with E-state index in [0.29, 0.717) is 13.1 Å². The van der Waals surface area contributed by atoms with Gasteiger partial charge in [-0.2, -0.15) is 0 Å². The van der Waals surface area contributed by atoms with Gasteiger partial charge in [-0.1, -0.05) is 11.3 Å². The molecule has 3 aromatic heterocycles. The van der Waals surface area contributed by atoms with Crippen LogP contribution in [-0.4, -0.2) is 30.9 Å². The molecule has 104 valence electrons. The Labute approximate surface area is 117 Å². The van der Waals surface area contributed by atoms with E-state index >= 15 is 0 Å². The van der Waals surface area contributed by atoms with Gasteiger partial charge in [-0.15, -0.1) is 5.10 Å². The second kappa shape index (κ2) is 5.42. The Morgan fingerprint density at radius 3 is 2.90 bits per heavy atom. The molecule has 0 aliphatic heterocycles. The first-order valence-corrected chi connectivity index (χ1v) is 6.78. The molecule has 0 radical (unpaired) electrons. The van der Waals surface area contributed by atoms with E-state index in [0.717, 1.165) is 29.9 Å². The highest BCUT2D eigenvalue weighted by atomic mass is 15.4. The van der Waals surface area contributed by atoms with E-state index in [4.69, 9.17) is 5.73 Å². The lowest BCUT2D eigenvalue weighted by Gasteiger charge is -1.94. The molecule has 0 bridgehead atoms. The molecular weight excluding hydrogens is 252 g/mol. The number of nitrogens with zero attached hydrogens (tertiary/aromatic N) is 5. The van der Waals surface area contributed by atoms with Crippen LogP contribution in [0.15, 0.2) is 30.7 Å². The molecule has 3 aromatic rings. The highest BCUT2D eigenvalue weighted by Gasteiger charge is 2.05. The maximum atomic E-state index is 5.49. The molecule has 0 saturated carbocycles. The van der Waals surface area contributed by atoms with Crippen LogP contribution in [-0.2, 0) is 13.0 Å². The molecule has 6 heteroatoms. The van der Waals surface area contributed by atoms with E-state index in [2.05, 4.69) is 34.5 Å². The molecule has 0 saturated heterocycles. The molecule has 0 fully saturated rings. The first-order chi connectivity index (χ1) is 9.74. The third-order valence-corrected chi connectivity index (χ3v) is 3.20. The number of hydrogen-bond donors (Lipinski definition) is 1. The number of aromatic nitrogens is 5. The van der Waals surface area contributed by atoms with Gasteiger partial charge >= 0.3 is 0 Å². The average Bonchev–Trinajstić information content (AvgIpc) is 3.02. The lowest BCUT2D eigenvalue weighted by Crippen LogP contribution is -2.01. The SMILES string of the molecule is Cc1ccc2nc(Cn3cc(CCCN)nn3)cn2c1. The van der Waals surface area contributed by atoms with Gasteiger partial charge in [0.15, 0.2) is 0 Å². The Bertz CT molecular complexity index is 711. The van der Waals surface area contributed by atoms with Crippen LogP contribution in [0.2, 0.25) is 0 Å². The van der Waals surface area contributed by atoms with Crippen LogP contribution in [0.3, 0.4) is 0 Å². The lowest BCUT2D eigenvalue weighted by atomic mass is 10.2. The Hall–Kier alpha value is -2.21. The van der Waals surface area contributed by atoms with Crippen molar-refractivity contribution >= 4 is 5.65 Å². The summed E-state index contributed by atoms with van der Waals surface area (Å²) in [5, 5.41) is 8.27. The Morgan fingerprint density at radius 2 is 2.05 bits per heavy atom. The molecule has 0 amide bonds. The number of pyridine rings is 1. The van der Waals surface area contributed by atoms with E-state index in [1.54, 1.807) is 0 Å². The molecule has 0 aliphatic carbocycles. The summed E-state index contributed by atoms with van der Waals surface area (Å²) in [7, 11) is 0. The Kier molecular flexibility index (Phi) is 3.47. The Morgan fingerprint density at radius 1 is 1.15 bits per heavy atom. The number of hydrogen-bond acceptors (Lipinski definition) is 4. The zero-order valence-corrected chi connectivity index (χ0v) is 11.5. The van der Waals surface area contributed by atoms with Crippen molar-refractivity contribution in [1.29, 1.82) is 0 Å². The summed E-state index contributed by atoms with van der Waals surface area (Å²) in [6.45, 7) is 3.38. The fourth-order valence-electron chi connectivity index (χ4n) is 2.21. The third kappa shape index (κ3) is 2.70. The minimum Gasteiger partial charge on any atom is -0.330 e. The summed E-state index contributed by atoms with van der Waals surface area (Å²) in [5.74, 6) is 0. The number of imidazole rings is 1. The fourth-order valence-corrected chi connectivity index (χ4v) is 2.21. The molecule has 3 rings (SSSR count). The lowest BCUT2D eigenvalue weighted by molar-refractivity contribution is 0.640. The standard InChI is InChI=1S/C14H18N6/c1-11-4-5-14-16-13(8-19(14)7-11)10-20-9-12(17-18-20)3-2-6-15/h4-5,7-9H,2-3,6,10,15H2,1H3. The second-order valence-electron chi connectivity index (χ2n) is 5.00. The molecular formula is C14H18N6. The van der Waals surface area contributed by atoms with E-state index in [1.165, 1.54) is 5.56 Å². The summed E-state index contributed by atoms with van der Waals surface area (Å²) in [5.41, 5.74) is 9.62. The summed E-state index contributed by atoms with van der Waals surface area (Å²) in [4.78, 5) is 4.57. The molecule has 20 heavy (non-hydrogen) atoms. The minimum absolute atomic E-state index is 0.635. The van der Waals surface area contributed by atoms with E-state index in [-0.39, 0.29) is 0 Å². The van der Waals surface area contributed by atoms with Gasteiger partial charge in [0.1, 0.15) is 5.65 Å². The summed E-state index contributed by atoms with van der Waals surface area (Å²) >= 11 is 0. The molecule has 3 heterocycles. The Balaban J connectivity index is 1.76. The molecule has 0 aromatic carbocycles. The van der Waals surface area contributed by atoms with Crippen molar-refractivity contribution < 1.29 is 0 Å². The maximum Gasteiger partial charge on any atom is 0.137 e. The largest absolute Gasteiger partial charge is 0.330 e. The molecule has 0 spiro atoms. The van der Waals surface area contributed by atoms with E-state index in [9.17, 15) is 0 Å². The number of nitrogens with two attached hydrogens (primary N) is 1. The molecule has 6 nitrogen and oxygen atoms in total. The summed E-state index contributed by atoms with van der Waals surface area (Å²) < 4.78 is 3.86. The summed E-state index contributed by atoms with van der Waals surface area (Å²) in [6, 6.07) is 4.08. The predicted octanol–water partition coefficient (Wildman–Crippen LogP) is 1.17. The van der Waals surface area contributed by atoms with E-state index < -0.39 is 0 Å². The van der Waals surface area contributed by atoms with Crippen LogP contribution in [0.1, 0.15) is 23.4 Å². The van der Waals surface area contributed by atoms with E-state index in [1.807, 2.05) is 27.5 Å². The van der Waals surface area contributed by atoms with Crippen LogP contribution in [0.4, 0.5) is 0 Å². The molecule has 0 unspecified atom stereocenters. The zero-order chi connectivity index (χ0) is 13.9. The van der Waals surface area contributed by atoms with Crippen molar-refractivity contribution in [2.75, 3.05) is 6.54 Å². The minimum atomic E-state index is 0.635. The van der Waals surface area contributed by atoms with Gasteiger partial charge in [0, 0.05) is 18.6 Å². The van der Waals surface area contributed by atoms with Gasteiger partial charge < -0.3 is 10.1 Å². The average molecular weight is 270 g/mol. The first kappa shape index (κ1) is 12.8. The van der Waals surface area contributed by atoms with Crippen molar-refractivity contribution in [3.8, 4) is 0 Å². The van der Waals surface area contributed by atoms with Crippen molar-refractivity contribution in [2.24, 2.45) is 5.73 Å². The van der Waals surface area contributed by atoms with Gasteiger partial charge in [0.25, 0.3) is 0 Å². The van der Waals surface area contributed by atoms with Gasteiger partial charge in [0.05, 0.1) is 17.9 Å². The van der Waals surface area contributed by atoms with Crippen molar-refractivity contribution in [1.82, 2.24) is 24.4 Å². The van der Waals surface area contributed by atoms with Gasteiger partial charge in [-0.05, 0) is 37.9 Å². The summed E-state index contributed by atoms with van der Waals surface area (Å²) in [6.07, 6.45) is 7.88. The molecule has 0 aliphatic rings. The highest BCUT2D eigenvalue weighted by molar-refractivity contribution is 5.41.